The Morgan fingerprint density at radius 1 is 1.33 bits per heavy atom. The number of hydrogen-bond acceptors (Lipinski definition) is 3. The normalized spacial score (nSPS) is 11.7. The first-order valence-corrected chi connectivity index (χ1v) is 7.02. The van der Waals surface area contributed by atoms with Crippen LogP contribution in [0, 0.1) is 0 Å². The van der Waals surface area contributed by atoms with Gasteiger partial charge < -0.3 is 5.32 Å². The van der Waals surface area contributed by atoms with Crippen molar-refractivity contribution in [3.8, 4) is 0 Å². The number of carbonyl (C=O) groups is 2. The Morgan fingerprint density at radius 3 is 2.71 bits per heavy atom. The lowest BCUT2D eigenvalue weighted by Gasteiger charge is -2.08. The Bertz CT molecular complexity index is 779. The van der Waals surface area contributed by atoms with E-state index in [2.05, 4.69) is 5.10 Å². The number of benzene rings is 1. The number of nitrogens with one attached hydrogen (secondary N) is 1. The monoisotopic (exact) mass is 337 g/mol. The lowest BCUT2D eigenvalue weighted by atomic mass is 10.1. The summed E-state index contributed by atoms with van der Waals surface area (Å²) in [5.74, 6) is -2.33. The number of ketones is 1. The number of alkyl halides is 3. The van der Waals surface area contributed by atoms with Gasteiger partial charge in [-0.2, -0.15) is 18.3 Å². The third-order valence-electron chi connectivity index (χ3n) is 3.07. The van der Waals surface area contributed by atoms with Crippen molar-refractivity contribution >= 4 is 23.5 Å². The van der Waals surface area contributed by atoms with E-state index in [1.807, 2.05) is 6.92 Å². The third kappa shape index (κ3) is 4.55. The van der Waals surface area contributed by atoms with Gasteiger partial charge in [0.2, 0.25) is 0 Å². The van der Waals surface area contributed by atoms with Crippen LogP contribution in [0.4, 0.5) is 18.9 Å². The summed E-state index contributed by atoms with van der Waals surface area (Å²) in [4.78, 5) is 22.9. The fraction of sp³-hybridized carbons (Fsp3) is 0.188. The van der Waals surface area contributed by atoms with Crippen molar-refractivity contribution in [2.24, 2.45) is 0 Å². The van der Waals surface area contributed by atoms with Crippen LogP contribution in [-0.4, -0.2) is 27.6 Å². The van der Waals surface area contributed by atoms with Gasteiger partial charge in [0.05, 0.1) is 11.8 Å². The average Bonchev–Trinajstić information content (AvgIpc) is 3.01. The second-order valence-corrected chi connectivity index (χ2v) is 4.86. The number of aryl methyl sites for hydroxylation is 1. The molecule has 2 aromatic rings. The summed E-state index contributed by atoms with van der Waals surface area (Å²) in [5, 5.41) is 5.74. The predicted octanol–water partition coefficient (Wildman–Crippen LogP) is 3.30. The first kappa shape index (κ1) is 17.5. The van der Waals surface area contributed by atoms with E-state index in [-0.39, 0.29) is 11.5 Å². The summed E-state index contributed by atoms with van der Waals surface area (Å²) in [6, 6.07) is 5.74. The average molecular weight is 337 g/mol. The minimum absolute atomic E-state index is 0.00859. The van der Waals surface area contributed by atoms with Crippen LogP contribution in [0.3, 0.4) is 0 Å². The van der Waals surface area contributed by atoms with Gasteiger partial charge in [-0.3, -0.25) is 14.3 Å². The molecule has 0 unspecified atom stereocenters. The summed E-state index contributed by atoms with van der Waals surface area (Å²) < 4.78 is 38.3. The third-order valence-corrected chi connectivity index (χ3v) is 3.07. The number of hydrogen-bond donors (Lipinski definition) is 1. The minimum Gasteiger partial charge on any atom is -0.318 e. The lowest BCUT2D eigenvalue weighted by Crippen LogP contribution is -2.29. The highest BCUT2D eigenvalue weighted by Gasteiger charge is 2.38. The Hall–Kier alpha value is -2.90. The molecule has 0 saturated heterocycles. The summed E-state index contributed by atoms with van der Waals surface area (Å²) in [7, 11) is 0. The van der Waals surface area contributed by atoms with E-state index in [0.717, 1.165) is 0 Å². The first-order valence-electron chi connectivity index (χ1n) is 7.02. The molecule has 5 nitrogen and oxygen atoms in total. The van der Waals surface area contributed by atoms with Crippen molar-refractivity contribution < 1.29 is 22.8 Å². The van der Waals surface area contributed by atoms with E-state index in [1.165, 1.54) is 36.5 Å². The molecule has 1 heterocycles. The zero-order valence-electron chi connectivity index (χ0n) is 12.7. The molecule has 0 radical (unpaired) electrons. The molecule has 8 heteroatoms. The molecule has 0 fully saturated rings. The molecule has 0 aliphatic carbocycles. The van der Waals surface area contributed by atoms with E-state index in [4.69, 9.17) is 0 Å². The van der Waals surface area contributed by atoms with Crippen LogP contribution in [0.15, 0.2) is 42.7 Å². The second kappa shape index (κ2) is 7.12. The number of halogens is 3. The molecule has 24 heavy (non-hydrogen) atoms. The van der Waals surface area contributed by atoms with Crippen LogP contribution in [0.5, 0.6) is 0 Å². The number of carbonyl (C=O) groups excluding carboxylic acids is 2. The molecular formula is C16H14F3N3O2. The van der Waals surface area contributed by atoms with Gasteiger partial charge in [-0.15, -0.1) is 0 Å². The predicted molar refractivity (Wildman–Crippen MR) is 82.4 cm³/mol. The number of nitrogens with zero attached hydrogens (tertiary/aromatic N) is 2. The van der Waals surface area contributed by atoms with Crippen molar-refractivity contribution in [2.45, 2.75) is 19.6 Å². The van der Waals surface area contributed by atoms with E-state index in [1.54, 1.807) is 22.3 Å². The van der Waals surface area contributed by atoms with Crippen molar-refractivity contribution in [1.82, 2.24) is 9.78 Å². The van der Waals surface area contributed by atoms with Crippen molar-refractivity contribution in [2.75, 3.05) is 5.32 Å². The summed E-state index contributed by atoms with van der Waals surface area (Å²) >= 11 is 0. The van der Waals surface area contributed by atoms with Crippen molar-refractivity contribution in [1.29, 1.82) is 0 Å². The number of rotatable bonds is 5. The zero-order chi connectivity index (χ0) is 17.7. The smallest absolute Gasteiger partial charge is 0.318 e. The molecule has 126 valence electrons. The maximum atomic E-state index is 12.2. The van der Waals surface area contributed by atoms with Crippen LogP contribution in [-0.2, 0) is 11.3 Å². The molecule has 0 bridgehead atoms. The molecule has 0 saturated carbocycles. The van der Waals surface area contributed by atoms with Crippen LogP contribution >= 0.6 is 0 Å². The van der Waals surface area contributed by atoms with E-state index in [0.29, 0.717) is 17.7 Å². The highest BCUT2D eigenvalue weighted by atomic mass is 19.4. The van der Waals surface area contributed by atoms with E-state index >= 15 is 0 Å². The first-order chi connectivity index (χ1) is 11.3. The van der Waals surface area contributed by atoms with Gasteiger partial charge in [0.15, 0.2) is 5.78 Å². The van der Waals surface area contributed by atoms with Crippen LogP contribution in [0.1, 0.15) is 22.8 Å². The van der Waals surface area contributed by atoms with Crippen molar-refractivity contribution in [3.63, 3.8) is 0 Å². The SMILES string of the molecule is CCn1cc(C(=O)/C=C/c2cccc(NC(=O)C(F)(F)F)c2)cn1. The molecular weight excluding hydrogens is 323 g/mol. The van der Waals surface area contributed by atoms with Gasteiger partial charge in [-0.05, 0) is 30.7 Å². The quantitative estimate of drug-likeness (QED) is 0.672. The molecule has 2 rings (SSSR count). The molecule has 1 N–H and O–H groups in total. The Balaban J connectivity index is 2.08. The van der Waals surface area contributed by atoms with Gasteiger partial charge >= 0.3 is 12.1 Å². The second-order valence-electron chi connectivity index (χ2n) is 4.86. The van der Waals surface area contributed by atoms with Gasteiger partial charge in [0.1, 0.15) is 0 Å². The highest BCUT2D eigenvalue weighted by Crippen LogP contribution is 2.19. The molecule has 1 amide bonds. The molecule has 0 atom stereocenters. The van der Waals surface area contributed by atoms with Crippen LogP contribution in [0.2, 0.25) is 0 Å². The molecule has 1 aromatic heterocycles. The maximum absolute atomic E-state index is 12.2. The Kier molecular flexibility index (Phi) is 5.18. The van der Waals surface area contributed by atoms with Crippen LogP contribution < -0.4 is 5.32 Å². The fourth-order valence-corrected chi connectivity index (χ4v) is 1.85. The van der Waals surface area contributed by atoms with Gasteiger partial charge in [-0.25, -0.2) is 0 Å². The lowest BCUT2D eigenvalue weighted by molar-refractivity contribution is -0.167. The number of anilines is 1. The van der Waals surface area contributed by atoms with E-state index in [9.17, 15) is 22.8 Å². The zero-order valence-corrected chi connectivity index (χ0v) is 12.7. The summed E-state index contributed by atoms with van der Waals surface area (Å²) in [6.07, 6.45) is 0.834. The standard InChI is InChI=1S/C16H14F3N3O2/c1-2-22-10-12(9-20-22)14(23)7-6-11-4-3-5-13(8-11)21-15(24)16(17,18)19/h3-10H,2H2,1H3,(H,21,24)/b7-6+. The maximum Gasteiger partial charge on any atom is 0.471 e. The number of amides is 1. The number of allylic oxidation sites excluding steroid dienone is 1. The summed E-state index contributed by atoms with van der Waals surface area (Å²) in [6.45, 7) is 2.52. The molecule has 0 spiro atoms. The Labute approximate surface area is 135 Å². The Morgan fingerprint density at radius 2 is 2.08 bits per heavy atom. The molecule has 0 aliphatic rings. The highest BCUT2D eigenvalue weighted by molar-refractivity contribution is 6.06. The minimum atomic E-state index is -4.96. The van der Waals surface area contributed by atoms with Gasteiger partial charge in [0, 0.05) is 18.4 Å². The molecule has 0 aliphatic heterocycles. The fourth-order valence-electron chi connectivity index (χ4n) is 1.85. The number of aromatic nitrogens is 2. The van der Waals surface area contributed by atoms with E-state index < -0.39 is 12.1 Å². The van der Waals surface area contributed by atoms with Gasteiger partial charge in [-0.1, -0.05) is 18.2 Å². The molecule has 1 aromatic carbocycles. The van der Waals surface area contributed by atoms with Gasteiger partial charge in [0.25, 0.3) is 0 Å². The van der Waals surface area contributed by atoms with Crippen molar-refractivity contribution in [3.05, 3.63) is 53.9 Å². The largest absolute Gasteiger partial charge is 0.471 e. The topological polar surface area (TPSA) is 64.0 Å². The van der Waals surface area contributed by atoms with Crippen LogP contribution in [0.25, 0.3) is 6.08 Å². The summed E-state index contributed by atoms with van der Waals surface area (Å²) in [5.41, 5.74) is 0.881.